The van der Waals surface area contributed by atoms with E-state index in [0.717, 1.165) is 68.8 Å². The van der Waals surface area contributed by atoms with Crippen LogP contribution >= 0.6 is 23.2 Å². The molecule has 36 heavy (non-hydrogen) atoms. The smallest absolute Gasteiger partial charge is 0.335 e. The van der Waals surface area contributed by atoms with Crippen LogP contribution in [0.15, 0.2) is 41.1 Å². The molecule has 1 aromatic carbocycles. The molecule has 2 aromatic heterocycles. The van der Waals surface area contributed by atoms with Gasteiger partial charge < -0.3 is 19.3 Å². The van der Waals surface area contributed by atoms with Gasteiger partial charge in [-0.05, 0) is 68.2 Å². The predicted molar refractivity (Wildman–Crippen MR) is 137 cm³/mol. The molecule has 0 bridgehead atoms. The van der Waals surface area contributed by atoms with Crippen molar-refractivity contribution in [3.8, 4) is 11.3 Å². The Morgan fingerprint density at radius 3 is 2.56 bits per heavy atom. The van der Waals surface area contributed by atoms with Gasteiger partial charge in [0.25, 0.3) is 0 Å². The molecule has 0 unspecified atom stereocenters. The molecule has 3 aromatic rings. The van der Waals surface area contributed by atoms with Crippen molar-refractivity contribution in [2.75, 3.05) is 18.0 Å². The van der Waals surface area contributed by atoms with Crippen LogP contribution in [-0.2, 0) is 11.3 Å². The second-order valence-corrected chi connectivity index (χ2v) is 11.1. The molecule has 0 radical (unpaired) electrons. The topological polar surface area (TPSA) is 88.7 Å². The van der Waals surface area contributed by atoms with Crippen molar-refractivity contribution in [2.24, 2.45) is 5.41 Å². The zero-order chi connectivity index (χ0) is 24.9. The molecule has 6 rings (SSSR count). The maximum Gasteiger partial charge on any atom is 0.335 e. The van der Waals surface area contributed by atoms with E-state index in [-0.39, 0.29) is 17.1 Å². The summed E-state index contributed by atoms with van der Waals surface area (Å²) in [6, 6.07) is 8.64. The Balaban J connectivity index is 1.09. The summed E-state index contributed by atoms with van der Waals surface area (Å²) in [6.45, 7) is 2.18. The largest absolute Gasteiger partial charge is 0.478 e. The Bertz CT molecular complexity index is 1270. The van der Waals surface area contributed by atoms with Crippen LogP contribution in [0.5, 0.6) is 0 Å². The summed E-state index contributed by atoms with van der Waals surface area (Å²) in [5, 5.41) is 14.7. The van der Waals surface area contributed by atoms with E-state index in [9.17, 15) is 9.90 Å². The highest BCUT2D eigenvalue weighted by Crippen LogP contribution is 2.52. The lowest BCUT2D eigenvalue weighted by atomic mass is 9.61. The first kappa shape index (κ1) is 23.8. The van der Waals surface area contributed by atoms with Crippen molar-refractivity contribution in [1.29, 1.82) is 0 Å². The van der Waals surface area contributed by atoms with E-state index in [0.29, 0.717) is 33.8 Å². The van der Waals surface area contributed by atoms with Crippen LogP contribution in [0, 0.1) is 5.41 Å². The van der Waals surface area contributed by atoms with Gasteiger partial charge in [0, 0.05) is 36.3 Å². The number of carboxylic acid groups (broad SMARTS) is 1. The molecule has 7 nitrogen and oxygen atoms in total. The Kier molecular flexibility index (Phi) is 6.18. The lowest BCUT2D eigenvalue weighted by molar-refractivity contribution is -0.0979. The van der Waals surface area contributed by atoms with Gasteiger partial charge in [-0.2, -0.15) is 0 Å². The Labute approximate surface area is 219 Å². The van der Waals surface area contributed by atoms with E-state index in [1.54, 1.807) is 12.3 Å². The maximum absolute atomic E-state index is 11.3. The van der Waals surface area contributed by atoms with Crippen LogP contribution in [-0.4, -0.2) is 40.4 Å². The normalized spacial score (nSPS) is 19.4. The standard InChI is InChI=1S/C27H27Cl2N3O4/c28-20-2-1-3-21(29)23(20)24-19(25(36-31-24)16-4-5-16)15-35-18-13-27(14-18)7-10-32(11-8-27)22-12-17(26(33)34)6-9-30-22/h1-3,6,9,12,16,18H,4-5,7-8,10-11,13-15H2,(H,33,34). The monoisotopic (exact) mass is 527 g/mol. The Morgan fingerprint density at radius 1 is 1.17 bits per heavy atom. The van der Waals surface area contributed by atoms with Crippen LogP contribution in [0.3, 0.4) is 0 Å². The van der Waals surface area contributed by atoms with Gasteiger partial charge in [-0.3, -0.25) is 0 Å². The molecular weight excluding hydrogens is 501 g/mol. The molecule has 1 spiro atoms. The maximum atomic E-state index is 11.3. The molecule has 2 saturated carbocycles. The van der Waals surface area contributed by atoms with Crippen molar-refractivity contribution < 1.29 is 19.2 Å². The van der Waals surface area contributed by atoms with Gasteiger partial charge in [-0.25, -0.2) is 9.78 Å². The number of hydrogen-bond acceptors (Lipinski definition) is 6. The number of carboxylic acids is 1. The van der Waals surface area contributed by atoms with Crippen molar-refractivity contribution in [3.63, 3.8) is 0 Å². The summed E-state index contributed by atoms with van der Waals surface area (Å²) < 4.78 is 12.1. The number of anilines is 1. The van der Waals surface area contributed by atoms with Gasteiger partial charge >= 0.3 is 5.97 Å². The summed E-state index contributed by atoms with van der Waals surface area (Å²) in [6.07, 6.45) is 8.12. The van der Waals surface area contributed by atoms with E-state index in [2.05, 4.69) is 15.0 Å². The van der Waals surface area contributed by atoms with Crippen molar-refractivity contribution in [2.45, 2.75) is 57.2 Å². The molecule has 9 heteroatoms. The van der Waals surface area contributed by atoms with Crippen LogP contribution in [0.4, 0.5) is 5.82 Å². The minimum absolute atomic E-state index is 0.196. The molecule has 3 fully saturated rings. The molecule has 2 aliphatic carbocycles. The summed E-state index contributed by atoms with van der Waals surface area (Å²) >= 11 is 12.9. The van der Waals surface area contributed by atoms with Crippen molar-refractivity contribution in [1.82, 2.24) is 10.1 Å². The average molecular weight is 528 g/mol. The van der Waals surface area contributed by atoms with Gasteiger partial charge in [0.2, 0.25) is 0 Å². The van der Waals surface area contributed by atoms with Crippen LogP contribution in [0.2, 0.25) is 10.0 Å². The quantitative estimate of drug-likeness (QED) is 0.370. The third-order valence-electron chi connectivity index (χ3n) is 7.89. The average Bonchev–Trinajstić information content (AvgIpc) is 3.62. The highest BCUT2D eigenvalue weighted by Gasteiger charge is 2.47. The minimum Gasteiger partial charge on any atom is -0.478 e. The number of carbonyl (C=O) groups is 1. The first-order valence-electron chi connectivity index (χ1n) is 12.4. The fourth-order valence-corrected chi connectivity index (χ4v) is 6.19. The first-order valence-corrected chi connectivity index (χ1v) is 13.2. The minimum atomic E-state index is -0.927. The number of rotatable bonds is 7. The third kappa shape index (κ3) is 4.49. The number of hydrogen-bond donors (Lipinski definition) is 1. The van der Waals surface area contributed by atoms with Gasteiger partial charge in [-0.1, -0.05) is 34.4 Å². The van der Waals surface area contributed by atoms with E-state index < -0.39 is 5.97 Å². The van der Waals surface area contributed by atoms with Gasteiger partial charge in [0.1, 0.15) is 17.3 Å². The van der Waals surface area contributed by atoms with E-state index >= 15 is 0 Å². The lowest BCUT2D eigenvalue weighted by Gasteiger charge is -2.52. The zero-order valence-corrected chi connectivity index (χ0v) is 21.3. The van der Waals surface area contributed by atoms with Crippen molar-refractivity contribution in [3.05, 3.63) is 63.5 Å². The van der Waals surface area contributed by atoms with Crippen LogP contribution in [0.1, 0.15) is 66.1 Å². The number of aromatic carboxylic acids is 1. The molecule has 1 N–H and O–H groups in total. The molecule has 0 amide bonds. The molecule has 1 saturated heterocycles. The van der Waals surface area contributed by atoms with Crippen LogP contribution < -0.4 is 4.90 Å². The summed E-state index contributed by atoms with van der Waals surface area (Å²) in [7, 11) is 0. The molecule has 188 valence electrons. The highest BCUT2D eigenvalue weighted by atomic mass is 35.5. The Morgan fingerprint density at radius 2 is 1.89 bits per heavy atom. The van der Waals surface area contributed by atoms with Gasteiger partial charge in [-0.15, -0.1) is 0 Å². The molecule has 3 heterocycles. The SMILES string of the molecule is O=C(O)c1ccnc(N2CCC3(CC2)CC(OCc2c(-c4c(Cl)cccc4Cl)noc2C2CC2)C3)c1. The second-order valence-electron chi connectivity index (χ2n) is 10.3. The van der Waals surface area contributed by atoms with Gasteiger partial charge in [0.15, 0.2) is 0 Å². The molecule has 0 atom stereocenters. The molecule has 3 aliphatic rings. The summed E-state index contributed by atoms with van der Waals surface area (Å²) in [5.41, 5.74) is 2.91. The van der Waals surface area contributed by atoms with E-state index in [1.165, 1.54) is 6.07 Å². The highest BCUT2D eigenvalue weighted by molar-refractivity contribution is 6.39. The van der Waals surface area contributed by atoms with Crippen LogP contribution in [0.25, 0.3) is 11.3 Å². The number of halogens is 2. The summed E-state index contributed by atoms with van der Waals surface area (Å²) in [5.74, 6) is 1.11. The first-order chi connectivity index (χ1) is 17.4. The number of nitrogens with zero attached hydrogens (tertiary/aromatic N) is 3. The molecule has 1 aliphatic heterocycles. The van der Waals surface area contributed by atoms with Crippen molar-refractivity contribution >= 4 is 35.0 Å². The number of aromatic nitrogens is 2. The Hall–Kier alpha value is -2.61. The zero-order valence-electron chi connectivity index (χ0n) is 19.8. The lowest BCUT2D eigenvalue weighted by Crippen LogP contribution is -2.50. The van der Waals surface area contributed by atoms with Gasteiger partial charge in [0.05, 0.1) is 28.3 Å². The fraction of sp³-hybridized carbons (Fsp3) is 0.444. The number of piperidine rings is 1. The fourth-order valence-electron chi connectivity index (χ4n) is 5.62. The van der Waals surface area contributed by atoms with E-state index in [4.69, 9.17) is 32.5 Å². The molecular formula is C27H27Cl2N3O4. The predicted octanol–water partition coefficient (Wildman–Crippen LogP) is 6.58. The number of benzene rings is 1. The number of ether oxygens (including phenoxy) is 1. The second kappa shape index (κ2) is 9.36. The third-order valence-corrected chi connectivity index (χ3v) is 8.52. The van der Waals surface area contributed by atoms with E-state index in [1.807, 2.05) is 18.2 Å². The summed E-state index contributed by atoms with van der Waals surface area (Å²) in [4.78, 5) is 17.9. The number of pyridine rings is 1.